The number of benzene rings is 12. The number of hydrogen-bond donors (Lipinski definition) is 17. The molecule has 4 heterocycles. The van der Waals surface area contributed by atoms with E-state index in [-0.39, 0.29) is 82.4 Å². The molecule has 16 aromatic rings. The minimum absolute atomic E-state index is 0.138. The van der Waals surface area contributed by atoms with Gasteiger partial charge in [-0.05, 0) is 260 Å². The largest absolute Gasteiger partial charge is 0.489 e. The maximum atomic E-state index is 13.6. The topological polar surface area (TPSA) is 434 Å². The molecule has 25 N–H and O–H groups in total. The van der Waals surface area contributed by atoms with Crippen molar-refractivity contribution in [3.05, 3.63) is 342 Å². The molecule has 0 spiro atoms. The van der Waals surface area contributed by atoms with Crippen LogP contribution in [0.3, 0.4) is 0 Å². The number of aromatic nitrogens is 4. The third kappa shape index (κ3) is 25.3. The molecule has 0 saturated heterocycles. The lowest BCUT2D eigenvalue weighted by Gasteiger charge is -2.13. The summed E-state index contributed by atoms with van der Waals surface area (Å²) in [5.41, 5.74) is 63.6. The lowest BCUT2D eigenvalue weighted by atomic mass is 9.97. The third-order valence-electron chi connectivity index (χ3n) is 22.8. The van der Waals surface area contributed by atoms with E-state index >= 15 is 0 Å². The predicted molar refractivity (Wildman–Crippen MR) is 523 cm³/mol. The summed E-state index contributed by atoms with van der Waals surface area (Å²) in [5.74, 6) is -3.00. The van der Waals surface area contributed by atoms with E-state index in [1.54, 1.807) is 72.8 Å². The van der Waals surface area contributed by atoms with Crippen LogP contribution in [0.5, 0.6) is 5.75 Å². The molecule has 0 aliphatic carbocycles. The second kappa shape index (κ2) is 46.9. The number of nitrogens with two attached hydrogens (primary N) is 8. The van der Waals surface area contributed by atoms with Gasteiger partial charge in [0, 0.05) is 116 Å². The first kappa shape index (κ1) is 96.8. The van der Waals surface area contributed by atoms with Gasteiger partial charge in [-0.15, -0.1) is 0 Å². The Morgan fingerprint density at radius 2 is 0.604 bits per heavy atom. The van der Waals surface area contributed by atoms with Crippen LogP contribution in [0.1, 0.15) is 109 Å². The van der Waals surface area contributed by atoms with E-state index in [0.29, 0.717) is 116 Å². The van der Waals surface area contributed by atoms with Crippen molar-refractivity contribution < 1.29 is 55.8 Å². The summed E-state index contributed by atoms with van der Waals surface area (Å²) in [7, 11) is 0. The Hall–Kier alpha value is -14.7. The molecular weight excluding hydrogens is 1700 g/mol. The monoisotopic (exact) mass is 1810 g/mol. The Kier molecular flexibility index (Phi) is 33.9. The standard InChI is InChI=1S/C33H33FN4O2.C27H27FN4O3.C26H26F2N4O.C20H23FN4O/c34-26-14-11-23(12-15-26)24-13-16-30-29(19-24)31(32(38-30)33(39)37-20-27(36)9-5-17-35)25-8-4-10-28(18-25)40-21-22-6-2-1-3-7-22;28-20-10-7-16(8-11-20)19-9-12-22-23(14-19)32-25(26(33)31-15-21(30)2-1-13-29)24(22)17-3-5-18(6-4-17)27(34)35;27-19-8-3-16(4-9-19)18-7-12-23-22(14-18)24(17-5-10-20(28)11-6-17)25(32-23)26(33)31-15-21(30)2-1-13-29;21-14-9-7-13(8-10-14)18-16-5-1-2-6-17(16)25-19(18)20(26)24-12-15(23)4-3-11-22/h1-4,6-8,10-16,18-19,27,38H,5,9,17,20-21,35-36H2,(H,37,39);3-12,14,21,32H,1-2,13,15,29-30H2,(H,31,33)(H,34,35);3-12,14,21,32H,1-2,13,15,29-30H2,(H,31,33);1-2,5-10,15,25H,3-4,11-12,22-23H2,(H,24,26)/t27-;2*21-;15-/m0100/s1. The van der Waals surface area contributed by atoms with Crippen molar-refractivity contribution in [2.45, 2.75) is 82.1 Å². The van der Waals surface area contributed by atoms with Crippen LogP contribution in [0.4, 0.5) is 22.0 Å². The number of amides is 4. The summed E-state index contributed by atoms with van der Waals surface area (Å²) in [5, 5.41) is 24.3. The predicted octanol–water partition coefficient (Wildman–Crippen LogP) is 17.5. The van der Waals surface area contributed by atoms with E-state index in [2.05, 4.69) is 41.2 Å². The highest BCUT2D eigenvalue weighted by molar-refractivity contribution is 6.14. The first-order chi connectivity index (χ1) is 64.9. The minimum atomic E-state index is -1.02. The molecule has 0 aliphatic heterocycles. The summed E-state index contributed by atoms with van der Waals surface area (Å²) in [6, 6.07) is 79.3. The van der Waals surface area contributed by atoms with Crippen molar-refractivity contribution in [3.8, 4) is 83.6 Å². The molecule has 134 heavy (non-hydrogen) atoms. The van der Waals surface area contributed by atoms with Gasteiger partial charge in [0.2, 0.25) is 0 Å². The van der Waals surface area contributed by atoms with Crippen molar-refractivity contribution in [1.82, 2.24) is 41.2 Å². The first-order valence-electron chi connectivity index (χ1n) is 44.4. The molecule has 28 heteroatoms. The number of carboxylic acids is 1. The average Bonchev–Trinajstić information content (AvgIpc) is 1.62. The highest BCUT2D eigenvalue weighted by Crippen LogP contribution is 2.41. The molecule has 0 radical (unpaired) electrons. The quantitative estimate of drug-likeness (QED) is 0.0164. The minimum Gasteiger partial charge on any atom is -0.489 e. The van der Waals surface area contributed by atoms with Gasteiger partial charge in [0.1, 0.15) is 64.2 Å². The summed E-state index contributed by atoms with van der Waals surface area (Å²) >= 11 is 0. The maximum absolute atomic E-state index is 13.6. The van der Waals surface area contributed by atoms with Crippen LogP contribution in [0.25, 0.3) is 122 Å². The molecule has 0 fully saturated rings. The van der Waals surface area contributed by atoms with Gasteiger partial charge in [-0.3, -0.25) is 19.2 Å². The molecule has 12 aromatic carbocycles. The van der Waals surface area contributed by atoms with Crippen molar-refractivity contribution in [2.75, 3.05) is 52.4 Å². The number of carboxylic acid groups (broad SMARTS) is 1. The number of ether oxygens (including phenoxy) is 1. The molecule has 4 aromatic heterocycles. The number of hydrogen-bond acceptors (Lipinski definition) is 14. The van der Waals surface area contributed by atoms with Crippen molar-refractivity contribution in [2.24, 2.45) is 45.9 Å². The summed E-state index contributed by atoms with van der Waals surface area (Å²) in [4.78, 5) is 76.8. The number of H-pyrrole nitrogens is 4. The number of halogens is 5. The molecule has 4 amide bonds. The van der Waals surface area contributed by atoms with E-state index in [1.165, 1.54) is 72.8 Å². The van der Waals surface area contributed by atoms with Gasteiger partial charge < -0.3 is 96.9 Å². The molecule has 0 unspecified atom stereocenters. The van der Waals surface area contributed by atoms with Gasteiger partial charge in [-0.25, -0.2) is 26.7 Å². The van der Waals surface area contributed by atoms with Gasteiger partial charge in [0.25, 0.3) is 23.6 Å². The number of para-hydroxylation sites is 1. The second-order valence-electron chi connectivity index (χ2n) is 32.6. The van der Waals surface area contributed by atoms with E-state index in [4.69, 9.17) is 50.6 Å². The van der Waals surface area contributed by atoms with Crippen LogP contribution in [-0.4, -0.2) is 131 Å². The van der Waals surface area contributed by atoms with Crippen molar-refractivity contribution in [3.63, 3.8) is 0 Å². The van der Waals surface area contributed by atoms with E-state index in [0.717, 1.165) is 150 Å². The highest BCUT2D eigenvalue weighted by atomic mass is 19.1. The van der Waals surface area contributed by atoms with Crippen LogP contribution in [0, 0.1) is 29.1 Å². The Balaban J connectivity index is 0.000000153. The number of carbonyl (C=O) groups is 5. The van der Waals surface area contributed by atoms with E-state index in [9.17, 15) is 51.0 Å². The Morgan fingerprint density at radius 3 is 0.985 bits per heavy atom. The van der Waals surface area contributed by atoms with Crippen LogP contribution in [0.2, 0.25) is 0 Å². The first-order valence-corrected chi connectivity index (χ1v) is 44.4. The average molecular weight is 1810 g/mol. The Morgan fingerprint density at radius 1 is 0.299 bits per heavy atom. The van der Waals surface area contributed by atoms with Crippen LogP contribution in [0.15, 0.2) is 279 Å². The smallest absolute Gasteiger partial charge is 0.335 e. The molecule has 16 rings (SSSR count). The van der Waals surface area contributed by atoms with Gasteiger partial charge in [-0.1, -0.05) is 158 Å². The fourth-order valence-corrected chi connectivity index (χ4v) is 15.7. The lowest BCUT2D eigenvalue weighted by Crippen LogP contribution is -2.37. The normalized spacial score (nSPS) is 12.0. The van der Waals surface area contributed by atoms with Crippen molar-refractivity contribution in [1.29, 1.82) is 0 Å². The van der Waals surface area contributed by atoms with Gasteiger partial charge in [-0.2, -0.15) is 0 Å². The number of nitrogens with one attached hydrogen (secondary N) is 8. The third-order valence-corrected chi connectivity index (χ3v) is 22.8. The van der Waals surface area contributed by atoms with E-state index in [1.807, 2.05) is 133 Å². The zero-order valence-electron chi connectivity index (χ0n) is 73.8. The number of rotatable bonds is 35. The van der Waals surface area contributed by atoms with Crippen molar-refractivity contribution >= 4 is 73.2 Å². The Bertz CT molecular complexity index is 6650. The molecule has 4 atom stereocenters. The number of carbonyl (C=O) groups excluding carboxylic acids is 4. The molecule has 0 saturated carbocycles. The highest BCUT2D eigenvalue weighted by Gasteiger charge is 2.27. The molecule has 23 nitrogen and oxygen atoms in total. The van der Waals surface area contributed by atoms with Crippen LogP contribution in [-0.2, 0) is 6.61 Å². The molecule has 690 valence electrons. The fourth-order valence-electron chi connectivity index (χ4n) is 15.7. The summed E-state index contributed by atoms with van der Waals surface area (Å²) in [6.45, 7) is 3.99. The number of aromatic carboxylic acids is 1. The van der Waals surface area contributed by atoms with Crippen LogP contribution >= 0.6 is 0 Å². The fraction of sp³-hybridized carbons (Fsp3) is 0.198. The Labute approximate surface area is 772 Å². The number of aromatic amines is 4. The lowest BCUT2D eigenvalue weighted by molar-refractivity contribution is 0.0695. The van der Waals surface area contributed by atoms with Gasteiger partial charge in [0.05, 0.1) is 5.56 Å². The second-order valence-corrected chi connectivity index (χ2v) is 32.6. The summed E-state index contributed by atoms with van der Waals surface area (Å²) < 4.78 is 73.3. The van der Waals surface area contributed by atoms with Crippen LogP contribution < -0.4 is 71.9 Å². The summed E-state index contributed by atoms with van der Waals surface area (Å²) in [6.07, 6.45) is 6.10. The molecule has 0 bridgehead atoms. The van der Waals surface area contributed by atoms with Gasteiger partial charge >= 0.3 is 5.97 Å². The zero-order valence-corrected chi connectivity index (χ0v) is 73.8. The molecule has 0 aliphatic rings. The van der Waals surface area contributed by atoms with E-state index < -0.39 is 5.97 Å². The SMILES string of the molecule is NCCC[C@@H](N)CNC(=O)c1[nH]c2cc(-c3ccc(F)cc3)ccc2c1-c1ccc(C(=O)O)cc1.NCCC[C@H](N)CNC(=O)c1[nH]c2ccc(-c3ccc(F)cc3)cc2c1-c1ccc(F)cc1.NCCC[C@H](N)CNC(=O)c1[nH]c2ccc(-c3ccc(F)cc3)cc2c1-c1cccc(OCc2ccccc2)c1.NCCC[C@H](N)CNC(=O)c1[nH]c2ccccc2c1-c1ccc(F)cc1. The van der Waals surface area contributed by atoms with Gasteiger partial charge in [0.15, 0.2) is 0 Å². The number of fused-ring (bicyclic) bond motifs is 4. The molecular formula is C106H109F5N16O7. The maximum Gasteiger partial charge on any atom is 0.335 e. The zero-order chi connectivity index (χ0) is 94.7.